The van der Waals surface area contributed by atoms with Gasteiger partial charge in [0.2, 0.25) is 0 Å². The Morgan fingerprint density at radius 3 is 2.37 bits per heavy atom. The van der Waals surface area contributed by atoms with E-state index in [1.165, 1.54) is 5.56 Å². The van der Waals surface area contributed by atoms with Gasteiger partial charge in [-0.25, -0.2) is 0 Å². The first-order valence-electron chi connectivity index (χ1n) is 6.35. The highest BCUT2D eigenvalue weighted by atomic mass is 35.5. The molecule has 2 aromatic rings. The average molecular weight is 273 g/mol. The maximum atomic E-state index is 6.23. The van der Waals surface area contributed by atoms with E-state index in [0.717, 1.165) is 17.7 Å². The molecule has 2 rings (SSSR count). The van der Waals surface area contributed by atoms with Crippen molar-refractivity contribution in [3.8, 4) is 5.75 Å². The van der Waals surface area contributed by atoms with Crippen LogP contribution in [0.25, 0.3) is 0 Å². The molecule has 2 aromatic carbocycles. The lowest BCUT2D eigenvalue weighted by atomic mass is 10.1. The van der Waals surface area contributed by atoms with E-state index in [2.05, 4.69) is 24.3 Å². The van der Waals surface area contributed by atoms with Crippen molar-refractivity contribution in [3.05, 3.63) is 77.9 Å². The van der Waals surface area contributed by atoms with E-state index in [1.54, 1.807) is 0 Å². The van der Waals surface area contributed by atoms with E-state index in [0.29, 0.717) is 0 Å². The van der Waals surface area contributed by atoms with Gasteiger partial charge in [-0.05, 0) is 31.0 Å². The van der Waals surface area contributed by atoms with Crippen molar-refractivity contribution in [3.63, 3.8) is 0 Å². The summed E-state index contributed by atoms with van der Waals surface area (Å²) in [5, 5.41) is 0. The van der Waals surface area contributed by atoms with Crippen LogP contribution in [-0.4, -0.2) is 0 Å². The number of alkyl halides is 1. The Bertz CT molecular complexity index is 517. The Kier molecular flexibility index (Phi) is 5.05. The number of rotatable bonds is 5. The zero-order valence-corrected chi connectivity index (χ0v) is 11.7. The van der Waals surface area contributed by atoms with Gasteiger partial charge < -0.3 is 4.74 Å². The van der Waals surface area contributed by atoms with Crippen LogP contribution < -0.4 is 4.74 Å². The topological polar surface area (TPSA) is 9.23 Å². The van der Waals surface area contributed by atoms with Gasteiger partial charge in [-0.15, -0.1) is 0 Å². The minimum Gasteiger partial charge on any atom is -0.470 e. The molecule has 0 radical (unpaired) electrons. The molecule has 0 aliphatic rings. The van der Waals surface area contributed by atoms with E-state index in [9.17, 15) is 0 Å². The van der Waals surface area contributed by atoms with E-state index in [1.807, 2.05) is 49.4 Å². The molecule has 0 heterocycles. The van der Waals surface area contributed by atoms with Gasteiger partial charge in [0.05, 0.1) is 0 Å². The van der Waals surface area contributed by atoms with Crippen LogP contribution in [0.3, 0.4) is 0 Å². The van der Waals surface area contributed by atoms with Gasteiger partial charge >= 0.3 is 0 Å². The number of hydrogen-bond acceptors (Lipinski definition) is 1. The van der Waals surface area contributed by atoms with E-state index in [4.69, 9.17) is 16.3 Å². The second-order valence-corrected chi connectivity index (χ2v) is 4.66. The molecule has 0 aliphatic carbocycles. The molecule has 0 amide bonds. The van der Waals surface area contributed by atoms with Gasteiger partial charge in [0.15, 0.2) is 5.56 Å². The summed E-state index contributed by atoms with van der Waals surface area (Å²) in [5.74, 6) is 0.785. The molecule has 1 unspecified atom stereocenters. The van der Waals surface area contributed by atoms with Crippen molar-refractivity contribution in [2.45, 2.75) is 18.9 Å². The summed E-state index contributed by atoms with van der Waals surface area (Å²) in [5.41, 5.74) is 1.76. The number of hydrogen-bond donors (Lipinski definition) is 0. The van der Waals surface area contributed by atoms with Crippen LogP contribution in [0.1, 0.15) is 23.6 Å². The fourth-order valence-corrected chi connectivity index (χ4v) is 2.00. The van der Waals surface area contributed by atoms with Crippen LogP contribution in [0, 0.1) is 0 Å². The lowest BCUT2D eigenvalue weighted by Crippen LogP contribution is -2.00. The zero-order chi connectivity index (χ0) is 13.5. The van der Waals surface area contributed by atoms with Gasteiger partial charge in [-0.1, -0.05) is 66.2 Å². The van der Waals surface area contributed by atoms with Gasteiger partial charge in [-0.2, -0.15) is 0 Å². The first-order valence-corrected chi connectivity index (χ1v) is 6.79. The fourth-order valence-electron chi connectivity index (χ4n) is 1.75. The van der Waals surface area contributed by atoms with Crippen LogP contribution in [-0.2, 0) is 6.42 Å². The number of allylic oxidation sites excluding steroid dienone is 2. The summed E-state index contributed by atoms with van der Waals surface area (Å²) < 4.78 is 5.71. The maximum absolute atomic E-state index is 6.23. The SMILES string of the molecule is CC=CCc1ccc(OC(Cl)c2ccccc2)cc1. The fraction of sp³-hybridized carbons (Fsp3) is 0.176. The van der Waals surface area contributed by atoms with Gasteiger partial charge in [-0.3, -0.25) is 0 Å². The average Bonchev–Trinajstić information content (AvgIpc) is 2.47. The van der Waals surface area contributed by atoms with Gasteiger partial charge in [0.1, 0.15) is 5.75 Å². The van der Waals surface area contributed by atoms with Crippen LogP contribution in [0.4, 0.5) is 0 Å². The third-order valence-corrected chi connectivity index (χ3v) is 3.15. The highest BCUT2D eigenvalue weighted by molar-refractivity contribution is 6.20. The molecule has 0 spiro atoms. The smallest absolute Gasteiger partial charge is 0.197 e. The number of benzene rings is 2. The molecule has 1 atom stereocenters. The third kappa shape index (κ3) is 4.15. The summed E-state index contributed by atoms with van der Waals surface area (Å²) in [6, 6.07) is 17.8. The second-order valence-electron chi connectivity index (χ2n) is 4.26. The zero-order valence-electron chi connectivity index (χ0n) is 10.9. The van der Waals surface area contributed by atoms with Crippen molar-refractivity contribution in [2.24, 2.45) is 0 Å². The molecule has 2 heteroatoms. The maximum Gasteiger partial charge on any atom is 0.197 e. The standard InChI is InChI=1S/C17H17ClO/c1-2-3-7-14-10-12-16(13-11-14)19-17(18)15-8-5-4-6-9-15/h2-6,8-13,17H,7H2,1H3. The predicted molar refractivity (Wildman–Crippen MR) is 80.6 cm³/mol. The van der Waals surface area contributed by atoms with Crippen molar-refractivity contribution in [1.29, 1.82) is 0 Å². The Labute approximate surface area is 119 Å². The molecule has 0 bridgehead atoms. The van der Waals surface area contributed by atoms with Crippen LogP contribution in [0.5, 0.6) is 5.75 Å². The van der Waals surface area contributed by atoms with Gasteiger partial charge in [0, 0.05) is 5.56 Å². The first-order chi connectivity index (χ1) is 9.29. The van der Waals surface area contributed by atoms with Crippen molar-refractivity contribution in [2.75, 3.05) is 0 Å². The largest absolute Gasteiger partial charge is 0.470 e. The normalized spacial score (nSPS) is 12.5. The van der Waals surface area contributed by atoms with E-state index in [-0.39, 0.29) is 0 Å². The highest BCUT2D eigenvalue weighted by Gasteiger charge is 2.08. The molecule has 19 heavy (non-hydrogen) atoms. The van der Waals surface area contributed by atoms with E-state index >= 15 is 0 Å². The Balaban J connectivity index is 1.99. The quantitative estimate of drug-likeness (QED) is 0.542. The lowest BCUT2D eigenvalue weighted by Gasteiger charge is -2.13. The predicted octanol–water partition coefficient (Wildman–Crippen LogP) is 5.12. The highest BCUT2D eigenvalue weighted by Crippen LogP contribution is 2.25. The number of ether oxygens (including phenoxy) is 1. The molecule has 0 saturated heterocycles. The molecule has 0 aromatic heterocycles. The second kappa shape index (κ2) is 7.01. The van der Waals surface area contributed by atoms with Crippen LogP contribution >= 0.6 is 11.6 Å². The van der Waals surface area contributed by atoms with Crippen LogP contribution in [0.15, 0.2) is 66.7 Å². The molecule has 0 fully saturated rings. The molecular formula is C17H17ClO. The Morgan fingerprint density at radius 2 is 1.74 bits per heavy atom. The van der Waals surface area contributed by atoms with Crippen LogP contribution in [0.2, 0.25) is 0 Å². The molecule has 98 valence electrons. The van der Waals surface area contributed by atoms with Crippen molar-refractivity contribution < 1.29 is 4.74 Å². The minimum atomic E-state index is -0.456. The molecule has 0 saturated carbocycles. The third-order valence-electron chi connectivity index (χ3n) is 2.81. The first kappa shape index (κ1) is 13.7. The Hall–Kier alpha value is -1.73. The summed E-state index contributed by atoms with van der Waals surface area (Å²) in [4.78, 5) is 0. The number of halogens is 1. The molecule has 1 nitrogen and oxygen atoms in total. The summed E-state index contributed by atoms with van der Waals surface area (Å²) in [6.07, 6.45) is 5.12. The lowest BCUT2D eigenvalue weighted by molar-refractivity contribution is 0.288. The molecule has 0 aliphatic heterocycles. The Morgan fingerprint density at radius 1 is 1.05 bits per heavy atom. The molecule has 0 N–H and O–H groups in total. The monoisotopic (exact) mass is 272 g/mol. The minimum absolute atomic E-state index is 0.456. The van der Waals surface area contributed by atoms with Crippen molar-refractivity contribution in [1.82, 2.24) is 0 Å². The molecular weight excluding hydrogens is 256 g/mol. The van der Waals surface area contributed by atoms with E-state index < -0.39 is 5.56 Å². The summed E-state index contributed by atoms with van der Waals surface area (Å²) in [6.45, 7) is 2.02. The van der Waals surface area contributed by atoms with Crippen molar-refractivity contribution >= 4 is 11.6 Å². The summed E-state index contributed by atoms with van der Waals surface area (Å²) in [7, 11) is 0. The summed E-state index contributed by atoms with van der Waals surface area (Å²) >= 11 is 6.23. The van der Waals surface area contributed by atoms with Gasteiger partial charge in [0.25, 0.3) is 0 Å².